The molecular formula is C33H34Cl4N6O6. The van der Waals surface area contributed by atoms with Crippen molar-refractivity contribution in [2.75, 3.05) is 40.0 Å². The van der Waals surface area contributed by atoms with E-state index in [9.17, 15) is 14.4 Å². The van der Waals surface area contributed by atoms with Crippen LogP contribution in [0.2, 0.25) is 15.5 Å². The van der Waals surface area contributed by atoms with E-state index in [-0.39, 0.29) is 39.0 Å². The topological polar surface area (TPSA) is 136 Å². The minimum atomic E-state index is -0.575. The molecule has 5 rings (SSSR count). The second kappa shape index (κ2) is 17.1. The smallest absolute Gasteiger partial charge is 0.415 e. The molecule has 0 aromatic carbocycles. The van der Waals surface area contributed by atoms with Gasteiger partial charge in [-0.2, -0.15) is 0 Å². The highest BCUT2D eigenvalue weighted by molar-refractivity contribution is 6.32. The van der Waals surface area contributed by atoms with Gasteiger partial charge in [-0.15, -0.1) is 0 Å². The molecule has 0 aliphatic carbocycles. The van der Waals surface area contributed by atoms with E-state index < -0.39 is 11.7 Å². The van der Waals surface area contributed by atoms with E-state index in [2.05, 4.69) is 20.3 Å². The van der Waals surface area contributed by atoms with Gasteiger partial charge in [-0.05, 0) is 62.7 Å². The van der Waals surface area contributed by atoms with Crippen molar-refractivity contribution < 1.29 is 28.6 Å². The van der Waals surface area contributed by atoms with Gasteiger partial charge in [0.15, 0.2) is 0 Å². The average molecular weight is 752 g/mol. The van der Waals surface area contributed by atoms with Gasteiger partial charge in [-0.25, -0.2) is 14.8 Å². The largest absolute Gasteiger partial charge is 0.497 e. The molecule has 1 saturated heterocycles. The number of aromatic nitrogens is 3. The summed E-state index contributed by atoms with van der Waals surface area (Å²) >= 11 is 23.6. The lowest BCUT2D eigenvalue weighted by Crippen LogP contribution is -2.42. The van der Waals surface area contributed by atoms with Gasteiger partial charge < -0.3 is 24.4 Å². The molecule has 16 heteroatoms. The highest BCUT2D eigenvalue weighted by atomic mass is 35.5. The van der Waals surface area contributed by atoms with Crippen molar-refractivity contribution in [1.82, 2.24) is 30.1 Å². The molecule has 1 atom stereocenters. The number of carbonyl (C=O) groups is 3. The molecule has 1 N–H and O–H groups in total. The van der Waals surface area contributed by atoms with Gasteiger partial charge in [-0.3, -0.25) is 19.5 Å². The highest BCUT2D eigenvalue weighted by Gasteiger charge is 2.29. The van der Waals surface area contributed by atoms with Gasteiger partial charge in [0.2, 0.25) is 5.91 Å². The Balaban J connectivity index is 0.000000230. The molecule has 1 fully saturated rings. The van der Waals surface area contributed by atoms with Gasteiger partial charge in [0.1, 0.15) is 39.6 Å². The summed E-state index contributed by atoms with van der Waals surface area (Å²) in [7, 11) is 1.54. The van der Waals surface area contributed by atoms with Crippen molar-refractivity contribution in [3.8, 4) is 11.3 Å². The molecule has 0 unspecified atom stereocenters. The second-order valence-corrected chi connectivity index (χ2v) is 13.0. The number of hydrogen-bond acceptors (Lipinski definition) is 9. The number of nitrogens with one attached hydrogen (secondary N) is 1. The standard InChI is InChI=1S/C19H18Cl2N4O3.C14H16Cl2N2O3/c1-22-19(27)15-8-12(3-5-23-15)14-9-13(10-17(21)24-14)16-11-28-7-6-25(16)18(26)2-4-20;1-14(2,3)21-13(19)18-4-5-20-8-10(18)9-6-11(15)17-12(16)7-9/h2-5,8-10,16H,6-7,11H2,1H3,(H,22,27);6-8H,4-5H2,1-3H3/b4-2-;/t16-;/m0./s1. The first-order valence-corrected chi connectivity index (χ1v) is 16.5. The third-order valence-corrected chi connectivity index (χ3v) is 7.63. The molecule has 3 aromatic heterocycles. The van der Waals surface area contributed by atoms with Crippen molar-refractivity contribution >= 4 is 70.0 Å². The Labute approximate surface area is 303 Å². The van der Waals surface area contributed by atoms with Crippen molar-refractivity contribution in [3.05, 3.63) is 92.7 Å². The number of hydrogen-bond donors (Lipinski definition) is 1. The number of morpholine rings is 1. The maximum Gasteiger partial charge on any atom is 0.415 e. The van der Waals surface area contributed by atoms with Crippen LogP contribution in [0.4, 0.5) is 4.79 Å². The summed E-state index contributed by atoms with van der Waals surface area (Å²) in [4.78, 5) is 52.0. The number of carbonyl (C=O) groups excluding carboxylic acids is 3. The van der Waals surface area contributed by atoms with Crippen LogP contribution >= 0.6 is 46.4 Å². The first-order valence-electron chi connectivity index (χ1n) is 15.0. The molecule has 0 radical (unpaired) electrons. The lowest BCUT2D eigenvalue weighted by molar-refractivity contribution is -0.134. The molecule has 5 heterocycles. The van der Waals surface area contributed by atoms with Crippen molar-refractivity contribution in [2.24, 2.45) is 0 Å². The Kier molecular flexibility index (Phi) is 13.2. The number of rotatable bonds is 5. The predicted octanol–water partition coefficient (Wildman–Crippen LogP) is 6.76. The Morgan fingerprint density at radius 2 is 1.69 bits per heavy atom. The summed E-state index contributed by atoms with van der Waals surface area (Å²) in [5.74, 6) is -0.502. The molecule has 2 aliphatic rings. The number of amides is 3. The van der Waals surface area contributed by atoms with Crippen LogP contribution in [0.3, 0.4) is 0 Å². The fourth-order valence-corrected chi connectivity index (χ4v) is 5.59. The Morgan fingerprint density at radius 3 is 2.37 bits per heavy atom. The van der Waals surface area contributed by atoms with E-state index in [4.69, 9.17) is 60.6 Å². The predicted molar refractivity (Wildman–Crippen MR) is 187 cm³/mol. The van der Waals surface area contributed by atoms with E-state index in [0.717, 1.165) is 5.56 Å². The van der Waals surface area contributed by atoms with E-state index in [1.165, 1.54) is 36.0 Å². The lowest BCUT2D eigenvalue weighted by Gasteiger charge is -2.35. The van der Waals surface area contributed by atoms with Gasteiger partial charge >= 0.3 is 6.09 Å². The molecule has 3 amide bonds. The van der Waals surface area contributed by atoms with E-state index in [0.29, 0.717) is 55.4 Å². The molecule has 2 aliphatic heterocycles. The van der Waals surface area contributed by atoms with Crippen molar-refractivity contribution in [3.63, 3.8) is 0 Å². The van der Waals surface area contributed by atoms with Crippen molar-refractivity contribution in [1.29, 1.82) is 0 Å². The average Bonchev–Trinajstić information content (AvgIpc) is 3.07. The minimum absolute atomic E-state index is 0.205. The lowest BCUT2D eigenvalue weighted by atomic mass is 10.0. The second-order valence-electron chi connectivity index (χ2n) is 11.5. The van der Waals surface area contributed by atoms with E-state index >= 15 is 0 Å². The highest BCUT2D eigenvalue weighted by Crippen LogP contribution is 2.31. The van der Waals surface area contributed by atoms with Crippen LogP contribution in [0.5, 0.6) is 0 Å². The van der Waals surface area contributed by atoms with Crippen molar-refractivity contribution in [2.45, 2.75) is 32.4 Å². The van der Waals surface area contributed by atoms with E-state index in [1.807, 2.05) is 26.8 Å². The van der Waals surface area contributed by atoms with Gasteiger partial charge in [-0.1, -0.05) is 46.4 Å². The SMILES string of the molecule is CC(C)(C)OC(=O)N1CCOC=C1c1cc(Cl)nc(Cl)c1.CNC(=O)c1cc(-c2cc([C@@H]3COCCN3C(=O)/C=C\Cl)cc(Cl)n2)ccn1. The number of pyridine rings is 3. The summed E-state index contributed by atoms with van der Waals surface area (Å²) < 4.78 is 16.3. The molecule has 260 valence electrons. The van der Waals surface area contributed by atoms with Gasteiger partial charge in [0.05, 0.1) is 37.2 Å². The zero-order valence-electron chi connectivity index (χ0n) is 27.1. The zero-order chi connectivity index (χ0) is 35.7. The number of ether oxygens (including phenoxy) is 3. The maximum atomic E-state index is 12.4. The fourth-order valence-electron chi connectivity index (χ4n) is 4.80. The summed E-state index contributed by atoms with van der Waals surface area (Å²) in [6.45, 7) is 7.45. The van der Waals surface area contributed by atoms with Crippen LogP contribution in [0.15, 0.2) is 60.5 Å². The molecule has 0 spiro atoms. The first-order chi connectivity index (χ1) is 23.3. The summed E-state index contributed by atoms with van der Waals surface area (Å²) in [5, 5.41) is 3.30. The van der Waals surface area contributed by atoms with Crippen LogP contribution in [-0.4, -0.2) is 88.2 Å². The third-order valence-electron chi connectivity index (χ3n) is 6.92. The molecule has 12 nitrogen and oxygen atoms in total. The van der Waals surface area contributed by atoms with E-state index in [1.54, 1.807) is 35.2 Å². The Hall–Kier alpha value is -3.94. The summed E-state index contributed by atoms with van der Waals surface area (Å²) in [6, 6.07) is 9.82. The first kappa shape index (κ1) is 37.9. The van der Waals surface area contributed by atoms with Crippen LogP contribution in [0, 0.1) is 0 Å². The summed E-state index contributed by atoms with van der Waals surface area (Å²) in [5.41, 5.74) is 4.11. The third kappa shape index (κ3) is 10.5. The van der Waals surface area contributed by atoms with Crippen LogP contribution < -0.4 is 5.32 Å². The maximum absolute atomic E-state index is 12.4. The normalized spacial score (nSPS) is 16.2. The van der Waals surface area contributed by atoms with Gasteiger partial charge in [0.25, 0.3) is 5.91 Å². The molecule has 0 saturated carbocycles. The van der Waals surface area contributed by atoms with Gasteiger partial charge in [0, 0.05) is 42.5 Å². The number of halogens is 4. The minimum Gasteiger partial charge on any atom is -0.497 e. The number of nitrogens with zero attached hydrogens (tertiary/aromatic N) is 5. The fraction of sp³-hybridized carbons (Fsp3) is 0.333. The quantitative estimate of drug-likeness (QED) is 0.222. The van der Waals surface area contributed by atoms with Crippen LogP contribution in [0.25, 0.3) is 17.0 Å². The monoisotopic (exact) mass is 750 g/mol. The molecule has 0 bridgehead atoms. The zero-order valence-corrected chi connectivity index (χ0v) is 30.1. The molecule has 49 heavy (non-hydrogen) atoms. The summed E-state index contributed by atoms with van der Waals surface area (Å²) in [6.07, 6.45) is 3.89. The van der Waals surface area contributed by atoms with Crippen LogP contribution in [-0.2, 0) is 19.0 Å². The Morgan fingerprint density at radius 1 is 0.980 bits per heavy atom. The molecular weight excluding hydrogens is 718 g/mol. The molecule has 3 aromatic rings. The Bertz CT molecular complexity index is 1730. The van der Waals surface area contributed by atoms with Crippen LogP contribution in [0.1, 0.15) is 48.4 Å².